The van der Waals surface area contributed by atoms with Gasteiger partial charge in [-0.3, -0.25) is 0 Å². The highest BCUT2D eigenvalue weighted by Gasteiger charge is 2.19. The van der Waals surface area contributed by atoms with E-state index in [1.807, 2.05) is 6.07 Å². The fourth-order valence-corrected chi connectivity index (χ4v) is 3.71. The zero-order chi connectivity index (χ0) is 22.1. The Morgan fingerprint density at radius 1 is 0.839 bits per heavy atom. The Morgan fingerprint density at radius 3 is 2.23 bits per heavy atom. The number of unbranched alkanes of at least 4 members (excludes halogenated alkanes) is 1. The molecule has 0 aromatic heterocycles. The van der Waals surface area contributed by atoms with E-state index in [9.17, 15) is 13.2 Å². The number of nitrogens with one attached hydrogen (secondary N) is 3. The molecule has 0 atom stereocenters. The maximum atomic E-state index is 12.7. The molecule has 7 nitrogen and oxygen atoms in total. The van der Waals surface area contributed by atoms with Crippen LogP contribution in [0.5, 0.6) is 5.75 Å². The molecule has 162 valence electrons. The summed E-state index contributed by atoms with van der Waals surface area (Å²) >= 11 is 0. The van der Waals surface area contributed by atoms with Crippen molar-refractivity contribution in [3.63, 3.8) is 0 Å². The number of benzene rings is 3. The summed E-state index contributed by atoms with van der Waals surface area (Å²) < 4.78 is 30.8. The Bertz CT molecular complexity index is 1100. The van der Waals surface area contributed by atoms with Gasteiger partial charge in [0.25, 0.3) is 0 Å². The van der Waals surface area contributed by atoms with E-state index < -0.39 is 16.1 Å². The molecule has 3 aromatic rings. The topological polar surface area (TPSA) is 96.5 Å². The number of rotatable bonds is 9. The second kappa shape index (κ2) is 10.5. The summed E-state index contributed by atoms with van der Waals surface area (Å²) in [5.74, 6) is 0.0239. The molecule has 3 rings (SSSR count). The molecule has 0 aliphatic rings. The molecule has 3 aromatic carbocycles. The highest BCUT2D eigenvalue weighted by atomic mass is 32.2. The molecule has 0 heterocycles. The van der Waals surface area contributed by atoms with Gasteiger partial charge in [-0.15, -0.1) is 0 Å². The van der Waals surface area contributed by atoms with Crippen LogP contribution in [0.25, 0.3) is 0 Å². The maximum absolute atomic E-state index is 12.7. The monoisotopic (exact) mass is 439 g/mol. The molecule has 0 saturated carbocycles. The minimum absolute atomic E-state index is 0.0239. The summed E-state index contributed by atoms with van der Waals surface area (Å²) in [4.78, 5) is 12.3. The van der Waals surface area contributed by atoms with Crippen molar-refractivity contribution in [2.45, 2.75) is 24.7 Å². The van der Waals surface area contributed by atoms with Gasteiger partial charge in [0.1, 0.15) is 4.90 Å². The van der Waals surface area contributed by atoms with Crippen LogP contribution >= 0.6 is 0 Å². The van der Waals surface area contributed by atoms with Gasteiger partial charge >= 0.3 is 16.1 Å². The number of hydrogen-bond acceptors (Lipinski definition) is 5. The van der Waals surface area contributed by atoms with E-state index in [0.29, 0.717) is 5.69 Å². The van der Waals surface area contributed by atoms with Crippen molar-refractivity contribution in [3.8, 4) is 5.75 Å². The van der Waals surface area contributed by atoms with Gasteiger partial charge in [-0.1, -0.05) is 43.7 Å². The lowest BCUT2D eigenvalue weighted by molar-refractivity contribution is 0.262. The van der Waals surface area contributed by atoms with Crippen molar-refractivity contribution in [3.05, 3.63) is 78.9 Å². The fourth-order valence-electron chi connectivity index (χ4n) is 2.76. The first-order valence-electron chi connectivity index (χ1n) is 9.98. The van der Waals surface area contributed by atoms with Crippen LogP contribution in [0.4, 0.5) is 21.9 Å². The molecule has 31 heavy (non-hydrogen) atoms. The number of carbonyl (C=O) groups is 1. The van der Waals surface area contributed by atoms with Gasteiger partial charge in [-0.05, 0) is 55.0 Å². The summed E-state index contributed by atoms with van der Waals surface area (Å²) in [6, 6.07) is 21.1. The smallest absolute Gasteiger partial charge is 0.339 e. The number of amides is 2. The van der Waals surface area contributed by atoms with E-state index >= 15 is 0 Å². The van der Waals surface area contributed by atoms with Crippen LogP contribution in [-0.2, 0) is 10.1 Å². The van der Waals surface area contributed by atoms with Crippen LogP contribution in [0.3, 0.4) is 0 Å². The Kier molecular flexibility index (Phi) is 7.50. The van der Waals surface area contributed by atoms with Crippen LogP contribution < -0.4 is 20.1 Å². The van der Waals surface area contributed by atoms with E-state index in [2.05, 4.69) is 22.9 Å². The van der Waals surface area contributed by atoms with Gasteiger partial charge in [0.05, 0.1) is 5.69 Å². The summed E-state index contributed by atoms with van der Waals surface area (Å²) in [6.45, 7) is 2.93. The van der Waals surface area contributed by atoms with E-state index in [1.54, 1.807) is 54.6 Å². The Balaban J connectivity index is 1.69. The van der Waals surface area contributed by atoms with Gasteiger partial charge in [-0.25, -0.2) is 4.79 Å². The third-order valence-corrected chi connectivity index (χ3v) is 5.62. The molecule has 0 saturated heterocycles. The summed E-state index contributed by atoms with van der Waals surface area (Å²) in [5.41, 5.74) is 1.68. The lowest BCUT2D eigenvalue weighted by atomic mass is 10.3. The molecular formula is C23H25N3O4S. The summed E-state index contributed by atoms with van der Waals surface area (Å²) in [6.07, 6.45) is 2.11. The van der Waals surface area contributed by atoms with Crippen molar-refractivity contribution < 1.29 is 17.4 Å². The van der Waals surface area contributed by atoms with Gasteiger partial charge in [0.15, 0.2) is 5.75 Å². The average molecular weight is 440 g/mol. The SMILES string of the molecule is CCCCNc1ccc(S(=O)(=O)Oc2ccccc2NC(=O)Nc2ccccc2)cc1. The lowest BCUT2D eigenvalue weighted by Gasteiger charge is -2.13. The molecule has 0 aliphatic heterocycles. The zero-order valence-electron chi connectivity index (χ0n) is 17.2. The highest BCUT2D eigenvalue weighted by Crippen LogP contribution is 2.28. The quantitative estimate of drug-likeness (QED) is 0.310. The van der Waals surface area contributed by atoms with Crippen molar-refractivity contribution >= 4 is 33.2 Å². The zero-order valence-corrected chi connectivity index (χ0v) is 18.0. The summed E-state index contributed by atoms with van der Waals surface area (Å²) in [5, 5.41) is 8.53. The van der Waals surface area contributed by atoms with Crippen molar-refractivity contribution in [1.82, 2.24) is 0 Å². The third kappa shape index (κ3) is 6.48. The lowest BCUT2D eigenvalue weighted by Crippen LogP contribution is -2.20. The Morgan fingerprint density at radius 2 is 1.52 bits per heavy atom. The second-order valence-corrected chi connectivity index (χ2v) is 8.33. The summed E-state index contributed by atoms with van der Waals surface area (Å²) in [7, 11) is -4.07. The van der Waals surface area contributed by atoms with Crippen LogP contribution in [0.15, 0.2) is 83.8 Å². The number of para-hydroxylation sites is 3. The minimum atomic E-state index is -4.07. The first-order valence-corrected chi connectivity index (χ1v) is 11.4. The molecule has 2 amide bonds. The van der Waals surface area contributed by atoms with Gasteiger partial charge in [0, 0.05) is 17.9 Å². The first-order chi connectivity index (χ1) is 15.0. The highest BCUT2D eigenvalue weighted by molar-refractivity contribution is 7.87. The van der Waals surface area contributed by atoms with E-state index in [-0.39, 0.29) is 16.3 Å². The van der Waals surface area contributed by atoms with Crippen LogP contribution in [0.1, 0.15) is 19.8 Å². The number of anilines is 3. The number of urea groups is 1. The number of carbonyl (C=O) groups excluding carboxylic acids is 1. The molecule has 0 spiro atoms. The van der Waals surface area contributed by atoms with E-state index in [1.165, 1.54) is 18.2 Å². The normalized spacial score (nSPS) is 10.9. The molecule has 0 fully saturated rings. The molecule has 8 heteroatoms. The molecule has 0 unspecified atom stereocenters. The predicted molar refractivity (Wildman–Crippen MR) is 123 cm³/mol. The van der Waals surface area contributed by atoms with E-state index in [4.69, 9.17) is 4.18 Å². The second-order valence-electron chi connectivity index (χ2n) is 6.78. The van der Waals surface area contributed by atoms with Crippen LogP contribution in [0.2, 0.25) is 0 Å². The molecule has 0 aliphatic carbocycles. The van der Waals surface area contributed by atoms with Gasteiger partial charge in [0.2, 0.25) is 0 Å². The molecular weight excluding hydrogens is 414 g/mol. The maximum Gasteiger partial charge on any atom is 0.339 e. The first kappa shape index (κ1) is 22.2. The minimum Gasteiger partial charge on any atom is -0.385 e. The van der Waals surface area contributed by atoms with Crippen LogP contribution in [0, 0.1) is 0 Å². The third-order valence-electron chi connectivity index (χ3n) is 4.37. The van der Waals surface area contributed by atoms with Crippen molar-refractivity contribution in [2.75, 3.05) is 22.5 Å². The average Bonchev–Trinajstić information content (AvgIpc) is 2.76. The largest absolute Gasteiger partial charge is 0.385 e. The Labute approximate surface area is 182 Å². The Hall–Kier alpha value is -3.52. The van der Waals surface area contributed by atoms with Gasteiger partial charge < -0.3 is 20.1 Å². The van der Waals surface area contributed by atoms with Gasteiger partial charge in [-0.2, -0.15) is 8.42 Å². The van der Waals surface area contributed by atoms with E-state index in [0.717, 1.165) is 25.1 Å². The molecule has 0 bridgehead atoms. The molecule has 3 N–H and O–H groups in total. The fraction of sp³-hybridized carbons (Fsp3) is 0.174. The number of hydrogen-bond donors (Lipinski definition) is 3. The standard InChI is InChI=1S/C23H25N3O4S/c1-2-3-17-24-18-13-15-20(16-14-18)31(28,29)30-22-12-8-7-11-21(22)26-23(27)25-19-9-5-4-6-10-19/h4-16,24H,2-3,17H2,1H3,(H2,25,26,27). The van der Waals surface area contributed by atoms with Crippen molar-refractivity contribution in [2.24, 2.45) is 0 Å². The predicted octanol–water partition coefficient (Wildman–Crippen LogP) is 5.31. The van der Waals surface area contributed by atoms with Crippen molar-refractivity contribution in [1.29, 1.82) is 0 Å². The molecule has 0 radical (unpaired) electrons. The van der Waals surface area contributed by atoms with Crippen LogP contribution in [-0.4, -0.2) is 21.0 Å².